The third kappa shape index (κ3) is 6.46. The second kappa shape index (κ2) is 12.3. The molecule has 4 aromatic rings. The summed E-state index contributed by atoms with van der Waals surface area (Å²) in [6.45, 7) is 5.10. The highest BCUT2D eigenvalue weighted by Crippen LogP contribution is 2.32. The van der Waals surface area contributed by atoms with Crippen molar-refractivity contribution < 1.29 is 17.9 Å². The number of benzene rings is 3. The lowest BCUT2D eigenvalue weighted by Gasteiger charge is -2.34. The van der Waals surface area contributed by atoms with E-state index in [0.29, 0.717) is 29.7 Å². The SMILES string of the molecule is CN1CCN(c2ccc(C(=O)Nc3n[nH]c4ccc(S(=O)(=O)c5cc(Cl)cc(Cl)c5)cc34)c(NC3CCOCC3)c2)CC1. The number of ether oxygens (including phenoxy) is 1. The summed E-state index contributed by atoms with van der Waals surface area (Å²) < 4.78 is 32.4. The van der Waals surface area contributed by atoms with E-state index in [1.165, 1.54) is 30.3 Å². The zero-order valence-corrected chi connectivity index (χ0v) is 25.9. The maximum absolute atomic E-state index is 13.7. The number of nitrogens with one attached hydrogen (secondary N) is 3. The van der Waals surface area contributed by atoms with Crippen LogP contribution in [0.3, 0.4) is 0 Å². The van der Waals surface area contributed by atoms with E-state index in [9.17, 15) is 13.2 Å². The quantitative estimate of drug-likeness (QED) is 0.249. The topological polar surface area (TPSA) is 120 Å². The molecule has 1 aromatic heterocycles. The maximum atomic E-state index is 13.7. The number of fused-ring (bicyclic) bond motifs is 1. The van der Waals surface area contributed by atoms with Crippen LogP contribution in [0.15, 0.2) is 64.4 Å². The van der Waals surface area contributed by atoms with Crippen LogP contribution in [0.1, 0.15) is 23.2 Å². The van der Waals surface area contributed by atoms with E-state index in [0.717, 1.165) is 50.4 Å². The minimum Gasteiger partial charge on any atom is -0.381 e. The first kappa shape index (κ1) is 29.7. The summed E-state index contributed by atoms with van der Waals surface area (Å²) in [6, 6.07) is 14.8. The average Bonchev–Trinajstić information content (AvgIpc) is 3.39. The number of carbonyl (C=O) groups excluding carboxylic acids is 1. The number of carbonyl (C=O) groups is 1. The minimum absolute atomic E-state index is 0.0219. The van der Waals surface area contributed by atoms with Crippen molar-refractivity contribution in [1.29, 1.82) is 0 Å². The molecule has 0 spiro atoms. The number of hydrogen-bond acceptors (Lipinski definition) is 8. The summed E-state index contributed by atoms with van der Waals surface area (Å²) in [5.41, 5.74) is 2.84. The van der Waals surface area contributed by atoms with Crippen LogP contribution >= 0.6 is 23.2 Å². The van der Waals surface area contributed by atoms with E-state index >= 15 is 0 Å². The summed E-state index contributed by atoms with van der Waals surface area (Å²) in [7, 11) is -1.83. The van der Waals surface area contributed by atoms with Gasteiger partial charge in [0, 0.05) is 72.2 Å². The summed E-state index contributed by atoms with van der Waals surface area (Å²) in [5, 5.41) is 14.5. The maximum Gasteiger partial charge on any atom is 0.258 e. The van der Waals surface area contributed by atoms with Crippen LogP contribution in [0, 0.1) is 0 Å². The first-order chi connectivity index (χ1) is 20.7. The number of anilines is 3. The molecule has 3 N–H and O–H groups in total. The number of aromatic nitrogens is 2. The molecule has 0 atom stereocenters. The number of H-pyrrole nitrogens is 1. The van der Waals surface area contributed by atoms with Crippen molar-refractivity contribution in [2.45, 2.75) is 28.7 Å². The summed E-state index contributed by atoms with van der Waals surface area (Å²) in [4.78, 5) is 18.4. The van der Waals surface area contributed by atoms with Crippen LogP contribution in [0.2, 0.25) is 10.0 Å². The highest BCUT2D eigenvalue weighted by molar-refractivity contribution is 7.91. The van der Waals surface area contributed by atoms with Gasteiger partial charge in [-0.1, -0.05) is 23.2 Å². The van der Waals surface area contributed by atoms with Crippen molar-refractivity contribution in [3.63, 3.8) is 0 Å². The number of sulfone groups is 1. The lowest BCUT2D eigenvalue weighted by Crippen LogP contribution is -2.44. The van der Waals surface area contributed by atoms with Gasteiger partial charge in [0.25, 0.3) is 5.91 Å². The van der Waals surface area contributed by atoms with Crippen LogP contribution in [0.4, 0.5) is 17.2 Å². The Balaban J connectivity index is 1.30. The Morgan fingerprint density at radius 2 is 1.67 bits per heavy atom. The van der Waals surface area contributed by atoms with Crippen molar-refractivity contribution in [2.24, 2.45) is 0 Å². The molecule has 2 saturated heterocycles. The molecule has 43 heavy (non-hydrogen) atoms. The van der Waals surface area contributed by atoms with Crippen LogP contribution in [0.5, 0.6) is 0 Å². The highest BCUT2D eigenvalue weighted by atomic mass is 35.5. The Morgan fingerprint density at radius 3 is 2.40 bits per heavy atom. The molecule has 2 aliphatic heterocycles. The number of aromatic amines is 1. The van der Waals surface area contributed by atoms with Crippen LogP contribution in [-0.2, 0) is 14.6 Å². The molecule has 10 nitrogen and oxygen atoms in total. The molecule has 2 fully saturated rings. The number of halogens is 2. The normalized spacial score (nSPS) is 16.9. The summed E-state index contributed by atoms with van der Waals surface area (Å²) in [6.07, 6.45) is 1.69. The van der Waals surface area contributed by atoms with Gasteiger partial charge >= 0.3 is 0 Å². The molecule has 13 heteroatoms. The second-order valence-corrected chi connectivity index (χ2v) is 13.7. The lowest BCUT2D eigenvalue weighted by atomic mass is 10.1. The van der Waals surface area contributed by atoms with E-state index in [1.54, 1.807) is 6.07 Å². The fourth-order valence-corrected chi connectivity index (χ4v) is 7.44. The third-order valence-electron chi connectivity index (χ3n) is 7.92. The summed E-state index contributed by atoms with van der Waals surface area (Å²) in [5.74, 6) is -0.135. The van der Waals surface area contributed by atoms with Gasteiger partial charge in [0.15, 0.2) is 5.82 Å². The standard InChI is InChI=1S/C30H32Cl2N6O4S/c1-37-8-10-38(11-9-37)22-2-4-25(28(17-22)33-21-6-12-42-13-7-21)30(39)34-29-26-18-23(3-5-27(26)35-36-29)43(40,41)24-15-19(31)14-20(32)16-24/h2-5,14-18,21,33H,6-13H2,1H3,(H2,34,35,36,39). The number of hydrogen-bond donors (Lipinski definition) is 3. The van der Waals surface area contributed by atoms with Gasteiger partial charge in [-0.05, 0) is 74.5 Å². The van der Waals surface area contributed by atoms with Gasteiger partial charge in [-0.25, -0.2) is 8.42 Å². The Kier molecular flexibility index (Phi) is 8.52. The number of nitrogens with zero attached hydrogens (tertiary/aromatic N) is 3. The first-order valence-electron chi connectivity index (χ1n) is 14.1. The Morgan fingerprint density at radius 1 is 0.953 bits per heavy atom. The Hall–Kier alpha value is -3.35. The van der Waals surface area contributed by atoms with Gasteiger partial charge in [0.1, 0.15) is 0 Å². The van der Waals surface area contributed by atoms with Gasteiger partial charge in [-0.3, -0.25) is 9.89 Å². The Bertz CT molecular complexity index is 1750. The first-order valence-corrected chi connectivity index (χ1v) is 16.3. The number of likely N-dealkylation sites (N-methyl/N-ethyl adjacent to an activating group) is 1. The molecule has 6 rings (SSSR count). The minimum atomic E-state index is -3.94. The van der Waals surface area contributed by atoms with Gasteiger partial charge in [0.2, 0.25) is 9.84 Å². The van der Waals surface area contributed by atoms with E-state index in [1.807, 2.05) is 18.2 Å². The molecule has 3 heterocycles. The molecule has 0 saturated carbocycles. The zero-order valence-electron chi connectivity index (χ0n) is 23.6. The van der Waals surface area contributed by atoms with Gasteiger partial charge in [-0.15, -0.1) is 0 Å². The lowest BCUT2D eigenvalue weighted by molar-refractivity contribution is 0.0904. The van der Waals surface area contributed by atoms with E-state index < -0.39 is 9.84 Å². The molecular weight excluding hydrogens is 611 g/mol. The Labute approximate surface area is 260 Å². The van der Waals surface area contributed by atoms with Crippen LogP contribution in [-0.4, -0.2) is 81.9 Å². The predicted molar refractivity (Wildman–Crippen MR) is 170 cm³/mol. The third-order valence-corrected chi connectivity index (χ3v) is 10.1. The van der Waals surface area contributed by atoms with Crippen molar-refractivity contribution in [3.8, 4) is 0 Å². The van der Waals surface area contributed by atoms with Crippen molar-refractivity contribution in [1.82, 2.24) is 15.1 Å². The van der Waals surface area contributed by atoms with E-state index in [2.05, 4.69) is 37.7 Å². The molecular formula is C30H32Cl2N6O4S. The van der Waals surface area contributed by atoms with Crippen molar-refractivity contribution >= 4 is 67.0 Å². The molecule has 1 amide bonds. The predicted octanol–water partition coefficient (Wildman–Crippen LogP) is 5.30. The van der Waals surface area contributed by atoms with Crippen LogP contribution in [0.25, 0.3) is 10.9 Å². The second-order valence-electron chi connectivity index (χ2n) is 10.9. The van der Waals surface area contributed by atoms with Gasteiger partial charge in [-0.2, -0.15) is 5.10 Å². The largest absolute Gasteiger partial charge is 0.381 e. The van der Waals surface area contributed by atoms with Gasteiger partial charge in [0.05, 0.1) is 20.9 Å². The highest BCUT2D eigenvalue weighted by Gasteiger charge is 2.24. The fraction of sp³-hybridized carbons (Fsp3) is 0.333. The number of rotatable bonds is 7. The summed E-state index contributed by atoms with van der Waals surface area (Å²) >= 11 is 12.1. The van der Waals surface area contributed by atoms with Crippen molar-refractivity contribution in [3.05, 3.63) is 70.2 Å². The molecule has 2 aliphatic rings. The number of piperazine rings is 1. The molecule has 226 valence electrons. The monoisotopic (exact) mass is 642 g/mol. The van der Waals surface area contributed by atoms with Gasteiger partial charge < -0.3 is 25.2 Å². The fourth-order valence-electron chi connectivity index (χ4n) is 5.42. The van der Waals surface area contributed by atoms with Crippen LogP contribution < -0.4 is 15.5 Å². The van der Waals surface area contributed by atoms with Crippen molar-refractivity contribution in [2.75, 3.05) is 62.0 Å². The molecule has 0 bridgehead atoms. The average molecular weight is 644 g/mol. The zero-order chi connectivity index (χ0) is 30.1. The molecule has 3 aromatic carbocycles. The van der Waals surface area contributed by atoms with E-state index in [-0.39, 0.29) is 37.6 Å². The smallest absolute Gasteiger partial charge is 0.258 e. The molecule has 0 aliphatic carbocycles. The number of amides is 1. The molecule has 0 unspecified atom stereocenters. The van der Waals surface area contributed by atoms with E-state index in [4.69, 9.17) is 27.9 Å². The molecule has 0 radical (unpaired) electrons.